The minimum absolute atomic E-state index is 0.0511. The zero-order chi connectivity index (χ0) is 10.9. The quantitative estimate of drug-likeness (QED) is 0.716. The molecule has 0 aliphatic carbocycles. The predicted molar refractivity (Wildman–Crippen MR) is 60.0 cm³/mol. The van der Waals surface area contributed by atoms with Crippen LogP contribution in [0.5, 0.6) is 0 Å². The van der Waals surface area contributed by atoms with E-state index in [-0.39, 0.29) is 22.4 Å². The highest BCUT2D eigenvalue weighted by Crippen LogP contribution is 2.24. The van der Waals surface area contributed by atoms with Crippen LogP contribution < -0.4 is 0 Å². The highest BCUT2D eigenvalue weighted by atomic mass is 79.9. The summed E-state index contributed by atoms with van der Waals surface area (Å²) in [5.74, 6) is 0.781. The number of hydrogen-bond acceptors (Lipinski definition) is 4. The Morgan fingerprint density at radius 2 is 2.20 bits per heavy atom. The van der Waals surface area contributed by atoms with Gasteiger partial charge in [-0.25, -0.2) is 8.42 Å². The van der Waals surface area contributed by atoms with Crippen molar-refractivity contribution in [2.24, 2.45) is 5.92 Å². The van der Waals surface area contributed by atoms with Gasteiger partial charge in [0.15, 0.2) is 9.84 Å². The van der Waals surface area contributed by atoms with Crippen LogP contribution in [0.4, 0.5) is 0 Å². The average molecular weight is 299 g/mol. The van der Waals surface area contributed by atoms with Crippen LogP contribution in [0, 0.1) is 5.92 Å². The molecule has 0 aromatic heterocycles. The SMILES string of the molecule is O=S1(=O)CC(Br)C(OCC2CCOC2)C1. The van der Waals surface area contributed by atoms with Gasteiger partial charge in [0.25, 0.3) is 0 Å². The number of alkyl halides is 1. The molecule has 6 heteroatoms. The summed E-state index contributed by atoms with van der Waals surface area (Å²) >= 11 is 3.35. The smallest absolute Gasteiger partial charge is 0.154 e. The summed E-state index contributed by atoms with van der Waals surface area (Å²) in [4.78, 5) is -0.0511. The van der Waals surface area contributed by atoms with E-state index in [1.807, 2.05) is 0 Å². The third kappa shape index (κ3) is 3.15. The first kappa shape index (κ1) is 11.8. The Bertz CT molecular complexity index is 310. The van der Waals surface area contributed by atoms with Gasteiger partial charge in [0.2, 0.25) is 0 Å². The fourth-order valence-electron chi connectivity index (χ4n) is 1.90. The van der Waals surface area contributed by atoms with Crippen LogP contribution in [0.1, 0.15) is 6.42 Å². The van der Waals surface area contributed by atoms with Crippen LogP contribution in [-0.2, 0) is 19.3 Å². The largest absolute Gasteiger partial charge is 0.381 e. The number of ether oxygens (including phenoxy) is 2. The van der Waals surface area contributed by atoms with Gasteiger partial charge in [-0.1, -0.05) is 15.9 Å². The molecule has 3 unspecified atom stereocenters. The summed E-state index contributed by atoms with van der Waals surface area (Å²) in [6.07, 6.45) is 0.836. The first-order chi connectivity index (χ1) is 7.07. The van der Waals surface area contributed by atoms with Gasteiger partial charge in [0.1, 0.15) is 0 Å². The highest BCUT2D eigenvalue weighted by Gasteiger charge is 2.37. The molecular weight excluding hydrogens is 284 g/mol. The van der Waals surface area contributed by atoms with E-state index in [0.717, 1.165) is 19.6 Å². The third-order valence-electron chi connectivity index (χ3n) is 2.80. The summed E-state index contributed by atoms with van der Waals surface area (Å²) in [5.41, 5.74) is 0. The molecule has 2 heterocycles. The summed E-state index contributed by atoms with van der Waals surface area (Å²) in [6, 6.07) is 0. The molecule has 0 aromatic carbocycles. The number of rotatable bonds is 3. The molecular formula is C9H15BrO4S. The second-order valence-corrected chi connectivity index (χ2v) is 7.52. The molecule has 2 fully saturated rings. The van der Waals surface area contributed by atoms with Crippen LogP contribution in [0.15, 0.2) is 0 Å². The molecule has 0 amide bonds. The first-order valence-corrected chi connectivity index (χ1v) is 7.84. The van der Waals surface area contributed by atoms with E-state index in [2.05, 4.69) is 15.9 Å². The van der Waals surface area contributed by atoms with Gasteiger partial charge in [-0.05, 0) is 6.42 Å². The third-order valence-corrected chi connectivity index (χ3v) is 5.85. The number of halogens is 1. The summed E-state index contributed by atoms with van der Waals surface area (Å²) in [5, 5.41) is 0. The average Bonchev–Trinajstić information content (AvgIpc) is 2.70. The van der Waals surface area contributed by atoms with Crippen molar-refractivity contribution < 1.29 is 17.9 Å². The topological polar surface area (TPSA) is 52.6 Å². The van der Waals surface area contributed by atoms with Crippen LogP contribution in [0.25, 0.3) is 0 Å². The molecule has 0 bridgehead atoms. The van der Waals surface area contributed by atoms with Crippen molar-refractivity contribution in [2.75, 3.05) is 31.3 Å². The molecule has 0 aromatic rings. The van der Waals surface area contributed by atoms with Gasteiger partial charge < -0.3 is 9.47 Å². The molecule has 2 aliphatic rings. The van der Waals surface area contributed by atoms with E-state index >= 15 is 0 Å². The van der Waals surface area contributed by atoms with Crippen LogP contribution in [-0.4, -0.2) is 50.7 Å². The second kappa shape index (κ2) is 4.69. The number of sulfone groups is 1. The fraction of sp³-hybridized carbons (Fsp3) is 1.00. The maximum atomic E-state index is 11.3. The molecule has 4 nitrogen and oxygen atoms in total. The van der Waals surface area contributed by atoms with Crippen LogP contribution in [0.2, 0.25) is 0 Å². The summed E-state index contributed by atoms with van der Waals surface area (Å²) < 4.78 is 33.5. The van der Waals surface area contributed by atoms with Gasteiger partial charge in [-0.15, -0.1) is 0 Å². The highest BCUT2D eigenvalue weighted by molar-refractivity contribution is 9.09. The van der Waals surface area contributed by atoms with Gasteiger partial charge in [-0.2, -0.15) is 0 Å². The van der Waals surface area contributed by atoms with Crippen molar-refractivity contribution in [1.82, 2.24) is 0 Å². The maximum absolute atomic E-state index is 11.3. The Balaban J connectivity index is 1.79. The zero-order valence-corrected chi connectivity index (χ0v) is 10.8. The zero-order valence-electron chi connectivity index (χ0n) is 8.39. The molecule has 0 spiro atoms. The molecule has 0 radical (unpaired) electrons. The van der Waals surface area contributed by atoms with E-state index in [4.69, 9.17) is 9.47 Å². The molecule has 15 heavy (non-hydrogen) atoms. The van der Waals surface area contributed by atoms with Gasteiger partial charge in [0, 0.05) is 12.5 Å². The number of hydrogen-bond donors (Lipinski definition) is 0. The van der Waals surface area contributed by atoms with E-state index in [9.17, 15) is 8.42 Å². The fourth-order valence-corrected chi connectivity index (χ4v) is 5.36. The Morgan fingerprint density at radius 1 is 1.40 bits per heavy atom. The molecule has 3 atom stereocenters. The Kier molecular flexibility index (Phi) is 3.70. The summed E-state index contributed by atoms with van der Waals surface area (Å²) in [7, 11) is -2.89. The van der Waals surface area contributed by atoms with E-state index < -0.39 is 9.84 Å². The van der Waals surface area contributed by atoms with Gasteiger partial charge >= 0.3 is 0 Å². The Labute approximate surface area is 98.4 Å². The van der Waals surface area contributed by atoms with Crippen LogP contribution >= 0.6 is 15.9 Å². The van der Waals surface area contributed by atoms with E-state index in [1.165, 1.54) is 0 Å². The molecule has 2 rings (SSSR count). The molecule has 0 N–H and O–H groups in total. The molecule has 2 aliphatic heterocycles. The van der Waals surface area contributed by atoms with Crippen molar-refractivity contribution in [3.63, 3.8) is 0 Å². The monoisotopic (exact) mass is 298 g/mol. The van der Waals surface area contributed by atoms with Crippen molar-refractivity contribution in [1.29, 1.82) is 0 Å². The van der Waals surface area contributed by atoms with Crippen LogP contribution in [0.3, 0.4) is 0 Å². The van der Waals surface area contributed by atoms with Crippen molar-refractivity contribution >= 4 is 25.8 Å². The maximum Gasteiger partial charge on any atom is 0.154 e. The Morgan fingerprint density at radius 3 is 2.73 bits per heavy atom. The predicted octanol–water partition coefficient (Wildman–Crippen LogP) is 0.600. The molecule has 0 saturated carbocycles. The first-order valence-electron chi connectivity index (χ1n) is 5.11. The van der Waals surface area contributed by atoms with Crippen molar-refractivity contribution in [2.45, 2.75) is 17.4 Å². The summed E-state index contributed by atoms with van der Waals surface area (Å²) in [6.45, 7) is 2.16. The van der Waals surface area contributed by atoms with E-state index in [0.29, 0.717) is 12.5 Å². The van der Waals surface area contributed by atoms with E-state index in [1.54, 1.807) is 0 Å². The molecule has 2 saturated heterocycles. The van der Waals surface area contributed by atoms with Crippen molar-refractivity contribution in [3.8, 4) is 0 Å². The standard InChI is InChI=1S/C9H15BrO4S/c10-8-5-15(11,12)6-9(8)14-4-7-1-2-13-3-7/h7-9H,1-6H2. The lowest BCUT2D eigenvalue weighted by atomic mass is 10.1. The van der Waals surface area contributed by atoms with Gasteiger partial charge in [-0.3, -0.25) is 0 Å². The normalized spacial score (nSPS) is 39.7. The molecule has 88 valence electrons. The second-order valence-electron chi connectivity index (χ2n) is 4.19. The lowest BCUT2D eigenvalue weighted by Crippen LogP contribution is -2.25. The van der Waals surface area contributed by atoms with Crippen molar-refractivity contribution in [3.05, 3.63) is 0 Å². The lowest BCUT2D eigenvalue weighted by molar-refractivity contribution is 0.0445. The lowest BCUT2D eigenvalue weighted by Gasteiger charge is -2.16. The Hall–Kier alpha value is 0.350. The minimum atomic E-state index is -2.89. The minimum Gasteiger partial charge on any atom is -0.381 e. The van der Waals surface area contributed by atoms with Gasteiger partial charge in [0.05, 0.1) is 35.7 Å².